The number of pyridine rings is 1. The van der Waals surface area contributed by atoms with Crippen molar-refractivity contribution in [3.63, 3.8) is 0 Å². The third kappa shape index (κ3) is 5.69. The van der Waals surface area contributed by atoms with Crippen molar-refractivity contribution in [2.24, 2.45) is 0 Å². The topological polar surface area (TPSA) is 45.6 Å². The molecule has 0 bridgehead atoms. The Bertz CT molecular complexity index is 713. The average molecular weight is 396 g/mol. The van der Waals surface area contributed by atoms with Crippen molar-refractivity contribution >= 4 is 0 Å². The number of likely N-dealkylation sites (tertiary alicyclic amines) is 1. The van der Waals surface area contributed by atoms with E-state index in [4.69, 9.17) is 0 Å². The number of halogens is 3. The Balaban J connectivity index is 0.00000136. The third-order valence-electron chi connectivity index (χ3n) is 4.81. The van der Waals surface area contributed by atoms with E-state index in [1.54, 1.807) is 0 Å². The van der Waals surface area contributed by atoms with Crippen molar-refractivity contribution < 1.29 is 23.0 Å². The standard InChI is InChI=1S/C19H21F3N2O2.C2H6/c1-24-11-9-18(25,10-12-24)17(14-5-3-2-4-6-14)16-8-7-15(13-23-16)26-19(20,21)22;1-2/h2-8,13,17,25H,9-12H2,1H3;1-2H3. The molecule has 0 aliphatic carbocycles. The second-order valence-electron chi connectivity index (χ2n) is 6.72. The third-order valence-corrected chi connectivity index (χ3v) is 4.81. The van der Waals surface area contributed by atoms with E-state index in [0.29, 0.717) is 18.5 Å². The molecule has 4 nitrogen and oxygen atoms in total. The van der Waals surface area contributed by atoms with Crippen molar-refractivity contribution in [2.75, 3.05) is 20.1 Å². The number of ether oxygens (including phenoxy) is 1. The van der Waals surface area contributed by atoms with Crippen LogP contribution >= 0.6 is 0 Å². The van der Waals surface area contributed by atoms with Crippen molar-refractivity contribution in [1.82, 2.24) is 9.88 Å². The van der Waals surface area contributed by atoms with Crippen LogP contribution in [0.15, 0.2) is 48.7 Å². The molecule has 1 aliphatic rings. The molecular formula is C21H27F3N2O2. The Morgan fingerprint density at radius 1 is 1.07 bits per heavy atom. The number of benzene rings is 1. The van der Waals surface area contributed by atoms with Crippen LogP contribution in [0.2, 0.25) is 0 Å². The number of alkyl halides is 3. The van der Waals surface area contributed by atoms with Gasteiger partial charge in [-0.05, 0) is 37.6 Å². The molecule has 1 aromatic carbocycles. The molecule has 1 aromatic heterocycles. The van der Waals surface area contributed by atoms with Gasteiger partial charge in [0.25, 0.3) is 0 Å². The Morgan fingerprint density at radius 2 is 1.68 bits per heavy atom. The van der Waals surface area contributed by atoms with E-state index in [2.05, 4.69) is 14.6 Å². The molecule has 2 aromatic rings. The maximum atomic E-state index is 12.4. The molecule has 2 heterocycles. The molecule has 1 N–H and O–H groups in total. The summed E-state index contributed by atoms with van der Waals surface area (Å²) in [5, 5.41) is 11.3. The van der Waals surface area contributed by atoms with Gasteiger partial charge >= 0.3 is 6.36 Å². The summed E-state index contributed by atoms with van der Waals surface area (Å²) in [5.41, 5.74) is 0.405. The molecule has 1 atom stereocenters. The van der Waals surface area contributed by atoms with Gasteiger partial charge in [-0.3, -0.25) is 4.98 Å². The van der Waals surface area contributed by atoms with E-state index in [-0.39, 0.29) is 5.75 Å². The molecule has 0 amide bonds. The Hall–Kier alpha value is -2.12. The van der Waals surface area contributed by atoms with Crippen LogP contribution in [0.25, 0.3) is 0 Å². The zero-order valence-electron chi connectivity index (χ0n) is 16.4. The Kier molecular flexibility index (Phi) is 7.43. The zero-order chi connectivity index (χ0) is 20.8. The number of hydrogen-bond acceptors (Lipinski definition) is 4. The highest BCUT2D eigenvalue weighted by molar-refractivity contribution is 5.34. The normalized spacial score (nSPS) is 18.0. The predicted molar refractivity (Wildman–Crippen MR) is 102 cm³/mol. The van der Waals surface area contributed by atoms with Crippen LogP contribution in [0.4, 0.5) is 13.2 Å². The van der Waals surface area contributed by atoms with E-state index >= 15 is 0 Å². The van der Waals surface area contributed by atoms with E-state index in [0.717, 1.165) is 24.8 Å². The maximum absolute atomic E-state index is 12.4. The molecule has 7 heteroatoms. The van der Waals surface area contributed by atoms with E-state index in [1.807, 2.05) is 51.2 Å². The van der Waals surface area contributed by atoms with Crippen LogP contribution in [0.3, 0.4) is 0 Å². The molecule has 0 saturated carbocycles. The number of aliphatic hydroxyl groups is 1. The summed E-state index contributed by atoms with van der Waals surface area (Å²) in [6.07, 6.45) is -2.58. The van der Waals surface area contributed by atoms with Gasteiger partial charge in [-0.2, -0.15) is 0 Å². The molecule has 1 aliphatic heterocycles. The number of aromatic nitrogens is 1. The summed E-state index contributed by atoms with van der Waals surface area (Å²) in [5.74, 6) is -0.791. The van der Waals surface area contributed by atoms with Crippen molar-refractivity contribution in [3.8, 4) is 5.75 Å². The minimum absolute atomic E-state index is 0.372. The first kappa shape index (κ1) is 22.2. The maximum Gasteiger partial charge on any atom is 0.573 e. The summed E-state index contributed by atoms with van der Waals surface area (Å²) < 4.78 is 41.0. The van der Waals surface area contributed by atoms with Crippen LogP contribution in [-0.2, 0) is 0 Å². The van der Waals surface area contributed by atoms with E-state index in [9.17, 15) is 18.3 Å². The first-order chi connectivity index (χ1) is 13.3. The smallest absolute Gasteiger partial charge is 0.404 e. The highest BCUT2D eigenvalue weighted by Gasteiger charge is 2.41. The van der Waals surface area contributed by atoms with Gasteiger partial charge in [-0.15, -0.1) is 13.2 Å². The highest BCUT2D eigenvalue weighted by atomic mass is 19.4. The molecule has 1 unspecified atom stereocenters. The van der Waals surface area contributed by atoms with Crippen LogP contribution in [0, 0.1) is 0 Å². The second kappa shape index (κ2) is 9.39. The first-order valence-electron chi connectivity index (χ1n) is 9.44. The van der Waals surface area contributed by atoms with Crippen LogP contribution in [0.1, 0.15) is 43.9 Å². The fraction of sp³-hybridized carbons (Fsp3) is 0.476. The lowest BCUT2D eigenvalue weighted by molar-refractivity contribution is -0.274. The monoisotopic (exact) mass is 396 g/mol. The molecule has 3 rings (SSSR count). The van der Waals surface area contributed by atoms with Crippen molar-refractivity contribution in [2.45, 2.75) is 44.6 Å². The van der Waals surface area contributed by atoms with E-state index < -0.39 is 17.9 Å². The first-order valence-corrected chi connectivity index (χ1v) is 9.44. The molecule has 0 spiro atoms. The van der Waals surface area contributed by atoms with Gasteiger partial charge < -0.3 is 14.7 Å². The lowest BCUT2D eigenvalue weighted by Gasteiger charge is -2.42. The predicted octanol–water partition coefficient (Wildman–Crippen LogP) is 4.60. The fourth-order valence-corrected chi connectivity index (χ4v) is 3.45. The summed E-state index contributed by atoms with van der Waals surface area (Å²) in [4.78, 5) is 6.32. The van der Waals surface area contributed by atoms with Crippen molar-refractivity contribution in [3.05, 3.63) is 59.9 Å². The van der Waals surface area contributed by atoms with E-state index in [1.165, 1.54) is 12.1 Å². The van der Waals surface area contributed by atoms with Gasteiger partial charge in [0.15, 0.2) is 0 Å². The van der Waals surface area contributed by atoms with Crippen LogP contribution in [0.5, 0.6) is 5.75 Å². The largest absolute Gasteiger partial charge is 0.573 e. The minimum Gasteiger partial charge on any atom is -0.404 e. The summed E-state index contributed by atoms with van der Waals surface area (Å²) in [6, 6.07) is 12.2. The van der Waals surface area contributed by atoms with Gasteiger partial charge in [0.2, 0.25) is 0 Å². The fourth-order valence-electron chi connectivity index (χ4n) is 3.45. The van der Waals surface area contributed by atoms with Gasteiger partial charge in [-0.25, -0.2) is 0 Å². The SMILES string of the molecule is CC.CN1CCC(O)(C(c2ccccc2)c2ccc(OC(F)(F)F)cn2)CC1. The molecule has 1 saturated heterocycles. The quantitative estimate of drug-likeness (QED) is 0.821. The lowest BCUT2D eigenvalue weighted by atomic mass is 9.74. The average Bonchev–Trinajstić information content (AvgIpc) is 2.67. The minimum atomic E-state index is -4.76. The molecule has 154 valence electrons. The van der Waals surface area contributed by atoms with Gasteiger partial charge in [-0.1, -0.05) is 44.2 Å². The number of rotatable bonds is 4. The van der Waals surface area contributed by atoms with Gasteiger partial charge in [0.1, 0.15) is 5.75 Å². The van der Waals surface area contributed by atoms with Gasteiger partial charge in [0.05, 0.1) is 23.4 Å². The van der Waals surface area contributed by atoms with Crippen LogP contribution < -0.4 is 4.74 Å². The lowest BCUT2D eigenvalue weighted by Crippen LogP contribution is -2.47. The zero-order valence-corrected chi connectivity index (χ0v) is 16.4. The van der Waals surface area contributed by atoms with Crippen LogP contribution in [-0.4, -0.2) is 47.1 Å². The molecule has 0 radical (unpaired) electrons. The highest BCUT2D eigenvalue weighted by Crippen LogP contribution is 2.40. The Labute approximate surface area is 164 Å². The summed E-state index contributed by atoms with van der Waals surface area (Å²) in [6.45, 7) is 5.49. The number of nitrogens with zero attached hydrogens (tertiary/aromatic N) is 2. The molecular weight excluding hydrogens is 369 g/mol. The van der Waals surface area contributed by atoms with Gasteiger partial charge in [0, 0.05) is 13.1 Å². The summed E-state index contributed by atoms with van der Waals surface area (Å²) >= 11 is 0. The van der Waals surface area contributed by atoms with Crippen molar-refractivity contribution in [1.29, 1.82) is 0 Å². The second-order valence-corrected chi connectivity index (χ2v) is 6.72. The Morgan fingerprint density at radius 3 is 2.18 bits per heavy atom. The number of piperidine rings is 1. The summed E-state index contributed by atoms with van der Waals surface area (Å²) in [7, 11) is 2.00. The number of hydrogen-bond donors (Lipinski definition) is 1. The molecule has 28 heavy (non-hydrogen) atoms. The molecule has 1 fully saturated rings.